The Morgan fingerprint density at radius 3 is 2.38 bits per heavy atom. The molecule has 29 heavy (non-hydrogen) atoms. The Bertz CT molecular complexity index is 1010. The van der Waals surface area contributed by atoms with Crippen molar-refractivity contribution in [3.63, 3.8) is 0 Å². The van der Waals surface area contributed by atoms with Gasteiger partial charge in [0, 0.05) is 31.6 Å². The number of benzene rings is 2. The number of anilines is 2. The van der Waals surface area contributed by atoms with Crippen LogP contribution in [0.5, 0.6) is 5.75 Å². The molecule has 0 radical (unpaired) electrons. The lowest BCUT2D eigenvalue weighted by atomic mass is 10.1. The van der Waals surface area contributed by atoms with Gasteiger partial charge in [0.15, 0.2) is 0 Å². The van der Waals surface area contributed by atoms with E-state index in [9.17, 15) is 14.7 Å². The van der Waals surface area contributed by atoms with Crippen LogP contribution in [0.2, 0.25) is 0 Å². The number of hydrogen-bond donors (Lipinski definition) is 2. The molecule has 0 saturated carbocycles. The summed E-state index contributed by atoms with van der Waals surface area (Å²) in [4.78, 5) is 29.4. The Kier molecular flexibility index (Phi) is 5.48. The standard InChI is InChI=1S/C22H21N3O3S/c26-20-8-4-3-7-19(20)24-10-12-25(13-11-24)22(28)17-5-1-2-6-18(17)23-21(27)16-9-14-29-15-16/h1-9,14-15,26H,10-13H2,(H,23,27). The summed E-state index contributed by atoms with van der Waals surface area (Å²) >= 11 is 1.45. The van der Waals surface area contributed by atoms with Crippen LogP contribution in [-0.4, -0.2) is 48.0 Å². The highest BCUT2D eigenvalue weighted by molar-refractivity contribution is 7.08. The molecule has 3 aromatic rings. The number of nitrogens with one attached hydrogen (secondary N) is 1. The van der Waals surface area contributed by atoms with E-state index in [1.165, 1.54) is 11.3 Å². The van der Waals surface area contributed by atoms with Gasteiger partial charge in [-0.25, -0.2) is 0 Å². The molecule has 1 aromatic heterocycles. The molecule has 2 aromatic carbocycles. The molecule has 2 amide bonds. The summed E-state index contributed by atoms with van der Waals surface area (Å²) in [5.41, 5.74) is 2.35. The molecule has 2 N–H and O–H groups in total. The molecule has 0 spiro atoms. The van der Waals surface area contributed by atoms with E-state index in [4.69, 9.17) is 0 Å². The SMILES string of the molecule is O=C(Nc1ccccc1C(=O)N1CCN(c2ccccc2O)CC1)c1ccsc1. The first-order valence-electron chi connectivity index (χ1n) is 9.38. The lowest BCUT2D eigenvalue weighted by Gasteiger charge is -2.36. The van der Waals surface area contributed by atoms with Gasteiger partial charge in [-0.1, -0.05) is 24.3 Å². The van der Waals surface area contributed by atoms with Crippen LogP contribution in [0, 0.1) is 0 Å². The van der Waals surface area contributed by atoms with Crippen molar-refractivity contribution in [3.8, 4) is 5.75 Å². The summed E-state index contributed by atoms with van der Waals surface area (Å²) in [7, 11) is 0. The van der Waals surface area contributed by atoms with Gasteiger partial charge >= 0.3 is 0 Å². The van der Waals surface area contributed by atoms with Crippen LogP contribution in [0.25, 0.3) is 0 Å². The van der Waals surface area contributed by atoms with E-state index >= 15 is 0 Å². The maximum absolute atomic E-state index is 13.1. The van der Waals surface area contributed by atoms with E-state index in [0.29, 0.717) is 43.0 Å². The van der Waals surface area contributed by atoms with E-state index in [1.807, 2.05) is 17.5 Å². The fourth-order valence-electron chi connectivity index (χ4n) is 3.42. The van der Waals surface area contributed by atoms with E-state index in [1.54, 1.807) is 52.7 Å². The van der Waals surface area contributed by atoms with Gasteiger partial charge in [-0.05, 0) is 35.7 Å². The number of aromatic hydroxyl groups is 1. The van der Waals surface area contributed by atoms with Gasteiger partial charge in [0.25, 0.3) is 11.8 Å². The molecular weight excluding hydrogens is 386 g/mol. The summed E-state index contributed by atoms with van der Waals surface area (Å²) in [6.07, 6.45) is 0. The second-order valence-corrected chi connectivity index (χ2v) is 7.56. The first-order valence-corrected chi connectivity index (χ1v) is 10.3. The molecule has 7 heteroatoms. The molecule has 2 heterocycles. The molecule has 0 aliphatic carbocycles. The van der Waals surface area contributed by atoms with Gasteiger partial charge in [-0.15, -0.1) is 0 Å². The van der Waals surface area contributed by atoms with Gasteiger partial charge in [0.2, 0.25) is 0 Å². The molecule has 1 aliphatic heterocycles. The predicted molar refractivity (Wildman–Crippen MR) is 115 cm³/mol. The summed E-state index contributed by atoms with van der Waals surface area (Å²) in [5.74, 6) is -0.0900. The second-order valence-electron chi connectivity index (χ2n) is 6.78. The third-order valence-electron chi connectivity index (χ3n) is 4.98. The van der Waals surface area contributed by atoms with Gasteiger partial charge in [-0.2, -0.15) is 11.3 Å². The molecule has 0 atom stereocenters. The summed E-state index contributed by atoms with van der Waals surface area (Å²) in [6.45, 7) is 2.35. The van der Waals surface area contributed by atoms with Crippen molar-refractivity contribution >= 4 is 34.5 Å². The van der Waals surface area contributed by atoms with Crippen LogP contribution in [0.1, 0.15) is 20.7 Å². The first-order chi connectivity index (χ1) is 14.1. The van der Waals surface area contributed by atoms with Crippen molar-refractivity contribution in [2.75, 3.05) is 36.4 Å². The van der Waals surface area contributed by atoms with Crippen molar-refractivity contribution in [3.05, 3.63) is 76.5 Å². The quantitative estimate of drug-likeness (QED) is 0.692. The third kappa shape index (κ3) is 4.09. The molecule has 6 nitrogen and oxygen atoms in total. The summed E-state index contributed by atoms with van der Waals surface area (Å²) in [6, 6.07) is 16.1. The number of carbonyl (C=O) groups is 2. The minimum Gasteiger partial charge on any atom is -0.506 e. The van der Waals surface area contributed by atoms with E-state index < -0.39 is 0 Å². The fraction of sp³-hybridized carbons (Fsp3) is 0.182. The second kappa shape index (κ2) is 8.36. The van der Waals surface area contributed by atoms with Crippen molar-refractivity contribution in [2.45, 2.75) is 0 Å². The van der Waals surface area contributed by atoms with Gasteiger partial charge in [-0.3, -0.25) is 9.59 Å². The van der Waals surface area contributed by atoms with Gasteiger partial charge < -0.3 is 20.2 Å². The van der Waals surface area contributed by atoms with Crippen LogP contribution in [0.3, 0.4) is 0 Å². The normalized spacial score (nSPS) is 13.9. The molecule has 4 rings (SSSR count). The highest BCUT2D eigenvalue weighted by Gasteiger charge is 2.25. The summed E-state index contributed by atoms with van der Waals surface area (Å²) in [5, 5.41) is 16.5. The summed E-state index contributed by atoms with van der Waals surface area (Å²) < 4.78 is 0. The van der Waals surface area contributed by atoms with Crippen molar-refractivity contribution in [1.29, 1.82) is 0 Å². The number of nitrogens with zero attached hydrogens (tertiary/aromatic N) is 2. The lowest BCUT2D eigenvalue weighted by molar-refractivity contribution is 0.0748. The smallest absolute Gasteiger partial charge is 0.256 e. The van der Waals surface area contributed by atoms with E-state index in [-0.39, 0.29) is 17.6 Å². The van der Waals surface area contributed by atoms with Crippen molar-refractivity contribution in [1.82, 2.24) is 4.90 Å². The number of piperazine rings is 1. The minimum atomic E-state index is -0.226. The highest BCUT2D eigenvalue weighted by Crippen LogP contribution is 2.28. The van der Waals surface area contributed by atoms with Crippen molar-refractivity contribution in [2.24, 2.45) is 0 Å². The highest BCUT2D eigenvalue weighted by atomic mass is 32.1. The predicted octanol–water partition coefficient (Wildman–Crippen LogP) is 3.67. The van der Waals surface area contributed by atoms with Crippen LogP contribution in [0.4, 0.5) is 11.4 Å². The maximum Gasteiger partial charge on any atom is 0.256 e. The van der Waals surface area contributed by atoms with Gasteiger partial charge in [0.1, 0.15) is 5.75 Å². The fourth-order valence-corrected chi connectivity index (χ4v) is 4.06. The lowest BCUT2D eigenvalue weighted by Crippen LogP contribution is -2.49. The topological polar surface area (TPSA) is 72.9 Å². The largest absolute Gasteiger partial charge is 0.506 e. The zero-order valence-electron chi connectivity index (χ0n) is 15.7. The maximum atomic E-state index is 13.1. The molecule has 1 aliphatic rings. The first kappa shape index (κ1) is 19.0. The molecular formula is C22H21N3O3S. The van der Waals surface area contributed by atoms with E-state index in [0.717, 1.165) is 5.69 Å². The number of para-hydroxylation sites is 3. The number of carbonyl (C=O) groups excluding carboxylic acids is 2. The molecule has 1 fully saturated rings. The Balaban J connectivity index is 1.45. The van der Waals surface area contributed by atoms with Gasteiger partial charge in [0.05, 0.1) is 22.5 Å². The Morgan fingerprint density at radius 2 is 1.66 bits per heavy atom. The Labute approximate surface area is 173 Å². The van der Waals surface area contributed by atoms with Crippen LogP contribution < -0.4 is 10.2 Å². The third-order valence-corrected chi connectivity index (χ3v) is 5.66. The average Bonchev–Trinajstić information content (AvgIpc) is 3.29. The van der Waals surface area contributed by atoms with Crippen LogP contribution in [-0.2, 0) is 0 Å². The number of phenols is 1. The van der Waals surface area contributed by atoms with Crippen molar-refractivity contribution < 1.29 is 14.7 Å². The van der Waals surface area contributed by atoms with E-state index in [2.05, 4.69) is 10.2 Å². The minimum absolute atomic E-state index is 0.108. The zero-order chi connectivity index (χ0) is 20.2. The average molecular weight is 407 g/mol. The number of amides is 2. The number of rotatable bonds is 4. The Hall–Kier alpha value is -3.32. The number of hydrogen-bond acceptors (Lipinski definition) is 5. The number of thiophene rings is 1. The molecule has 1 saturated heterocycles. The van der Waals surface area contributed by atoms with Crippen LogP contribution >= 0.6 is 11.3 Å². The molecule has 0 unspecified atom stereocenters. The molecule has 0 bridgehead atoms. The molecule has 148 valence electrons. The number of phenolic OH excluding ortho intramolecular Hbond substituents is 1. The van der Waals surface area contributed by atoms with Crippen LogP contribution in [0.15, 0.2) is 65.4 Å². The zero-order valence-corrected chi connectivity index (χ0v) is 16.6. The Morgan fingerprint density at radius 1 is 0.931 bits per heavy atom. The monoisotopic (exact) mass is 407 g/mol.